The fourth-order valence-electron chi connectivity index (χ4n) is 4.31. The summed E-state index contributed by atoms with van der Waals surface area (Å²) in [6.07, 6.45) is -0.187. The van der Waals surface area contributed by atoms with Crippen LogP contribution in [0.5, 0.6) is 5.75 Å². The van der Waals surface area contributed by atoms with Gasteiger partial charge < -0.3 is 9.84 Å². The molecule has 4 rings (SSSR count). The van der Waals surface area contributed by atoms with Gasteiger partial charge in [-0.2, -0.15) is 17.0 Å². The Balaban J connectivity index is 1.43. The summed E-state index contributed by atoms with van der Waals surface area (Å²) in [6, 6.07) is 11.7. The summed E-state index contributed by atoms with van der Waals surface area (Å²) in [5.41, 5.74) is 0.898. The van der Waals surface area contributed by atoms with E-state index in [-0.39, 0.29) is 18.0 Å². The van der Waals surface area contributed by atoms with E-state index in [0.29, 0.717) is 45.8 Å². The molecule has 2 aromatic carbocycles. The van der Waals surface area contributed by atoms with Crippen LogP contribution in [0.4, 0.5) is 0 Å². The largest absolute Gasteiger partial charge is 0.508 e. The van der Waals surface area contributed by atoms with E-state index < -0.39 is 10.2 Å². The van der Waals surface area contributed by atoms with E-state index in [4.69, 9.17) is 4.74 Å². The zero-order chi connectivity index (χ0) is 20.6. The van der Waals surface area contributed by atoms with Gasteiger partial charge in [0.25, 0.3) is 10.2 Å². The molecule has 0 saturated carbocycles. The molecule has 158 valence electrons. The van der Waals surface area contributed by atoms with E-state index in [0.717, 1.165) is 16.3 Å². The molecule has 2 aliphatic rings. The summed E-state index contributed by atoms with van der Waals surface area (Å²) < 4.78 is 34.9. The van der Waals surface area contributed by atoms with Crippen LogP contribution in [0.2, 0.25) is 0 Å². The van der Waals surface area contributed by atoms with E-state index in [2.05, 4.69) is 4.90 Å². The topological polar surface area (TPSA) is 73.3 Å². The summed E-state index contributed by atoms with van der Waals surface area (Å²) in [5, 5.41) is 12.5. The third-order valence-corrected chi connectivity index (χ3v) is 7.74. The molecule has 1 N–H and O–H groups in total. The lowest BCUT2D eigenvalue weighted by molar-refractivity contribution is -0.0457. The van der Waals surface area contributed by atoms with Crippen molar-refractivity contribution in [2.24, 2.45) is 0 Å². The van der Waals surface area contributed by atoms with E-state index in [9.17, 15) is 13.5 Å². The Bertz CT molecular complexity index is 963. The van der Waals surface area contributed by atoms with Crippen molar-refractivity contribution >= 4 is 21.0 Å². The summed E-state index contributed by atoms with van der Waals surface area (Å²) >= 11 is 0. The highest BCUT2D eigenvalue weighted by atomic mass is 32.2. The molecule has 0 bridgehead atoms. The van der Waals surface area contributed by atoms with E-state index in [1.165, 1.54) is 0 Å². The second-order valence-corrected chi connectivity index (χ2v) is 9.97. The number of morpholine rings is 1. The first-order valence-corrected chi connectivity index (χ1v) is 11.6. The van der Waals surface area contributed by atoms with Crippen molar-refractivity contribution in [3.8, 4) is 5.75 Å². The molecule has 2 aromatic rings. The minimum Gasteiger partial charge on any atom is -0.508 e. The molecule has 0 radical (unpaired) electrons. The first kappa shape index (κ1) is 20.6. The molecule has 0 spiro atoms. The number of benzene rings is 2. The second-order valence-electron chi connectivity index (χ2n) is 8.04. The molecular formula is C21H29N3O4S. The SMILES string of the molecule is C[C@@H]1CN(S(=O)(=O)N2CCN(Cc3c(O)ccc4ccccc34)CC2)C[C@@H](C)O1. The normalized spacial score (nSPS) is 25.4. The van der Waals surface area contributed by atoms with Crippen LogP contribution >= 0.6 is 0 Å². The molecule has 2 atom stereocenters. The Morgan fingerprint density at radius 3 is 2.31 bits per heavy atom. The smallest absolute Gasteiger partial charge is 0.282 e. The van der Waals surface area contributed by atoms with Gasteiger partial charge in [-0.05, 0) is 30.7 Å². The summed E-state index contributed by atoms with van der Waals surface area (Å²) in [7, 11) is -3.48. The van der Waals surface area contributed by atoms with Gasteiger partial charge in [-0.25, -0.2) is 0 Å². The maximum atomic E-state index is 13.1. The van der Waals surface area contributed by atoms with Crippen LogP contribution in [-0.4, -0.2) is 78.5 Å². The van der Waals surface area contributed by atoms with Crippen LogP contribution in [0.3, 0.4) is 0 Å². The van der Waals surface area contributed by atoms with E-state index in [1.807, 2.05) is 44.2 Å². The van der Waals surface area contributed by atoms with Gasteiger partial charge in [-0.15, -0.1) is 0 Å². The maximum absolute atomic E-state index is 13.1. The van der Waals surface area contributed by atoms with E-state index in [1.54, 1.807) is 14.7 Å². The average molecular weight is 420 g/mol. The summed E-state index contributed by atoms with van der Waals surface area (Å²) in [4.78, 5) is 2.21. The predicted octanol–water partition coefficient (Wildman–Crippen LogP) is 2.02. The van der Waals surface area contributed by atoms with Gasteiger partial charge in [0.05, 0.1) is 12.2 Å². The Kier molecular flexibility index (Phi) is 5.81. The van der Waals surface area contributed by atoms with Gasteiger partial charge in [0.1, 0.15) is 5.75 Å². The van der Waals surface area contributed by atoms with Crippen molar-refractivity contribution in [2.45, 2.75) is 32.6 Å². The number of rotatable bonds is 4. The third kappa shape index (κ3) is 4.27. The van der Waals surface area contributed by atoms with Crippen molar-refractivity contribution in [3.05, 3.63) is 42.0 Å². The number of phenols is 1. The monoisotopic (exact) mass is 419 g/mol. The van der Waals surface area contributed by atoms with Crippen molar-refractivity contribution in [1.82, 2.24) is 13.5 Å². The van der Waals surface area contributed by atoms with Crippen LogP contribution in [0.25, 0.3) is 10.8 Å². The van der Waals surface area contributed by atoms with Crippen molar-refractivity contribution < 1.29 is 18.3 Å². The highest BCUT2D eigenvalue weighted by Gasteiger charge is 2.36. The molecule has 2 heterocycles. The summed E-state index contributed by atoms with van der Waals surface area (Å²) in [5.74, 6) is 0.287. The van der Waals surface area contributed by atoms with Crippen molar-refractivity contribution in [1.29, 1.82) is 0 Å². The van der Waals surface area contributed by atoms with Crippen LogP contribution in [0.1, 0.15) is 19.4 Å². The molecule has 8 heteroatoms. The van der Waals surface area contributed by atoms with Crippen LogP contribution in [0.15, 0.2) is 36.4 Å². The van der Waals surface area contributed by atoms with Crippen molar-refractivity contribution in [3.63, 3.8) is 0 Å². The fraction of sp³-hybridized carbons (Fsp3) is 0.524. The maximum Gasteiger partial charge on any atom is 0.282 e. The minimum absolute atomic E-state index is 0.0934. The van der Waals surface area contributed by atoms with Crippen LogP contribution in [0, 0.1) is 0 Å². The quantitative estimate of drug-likeness (QED) is 0.821. The van der Waals surface area contributed by atoms with Crippen LogP contribution < -0.4 is 0 Å². The lowest BCUT2D eigenvalue weighted by Crippen LogP contribution is -2.57. The van der Waals surface area contributed by atoms with E-state index >= 15 is 0 Å². The number of hydrogen-bond donors (Lipinski definition) is 1. The lowest BCUT2D eigenvalue weighted by atomic mass is 10.0. The van der Waals surface area contributed by atoms with Gasteiger partial charge in [0, 0.05) is 51.4 Å². The molecule has 7 nitrogen and oxygen atoms in total. The molecular weight excluding hydrogens is 390 g/mol. The lowest BCUT2D eigenvalue weighted by Gasteiger charge is -2.40. The van der Waals surface area contributed by atoms with Gasteiger partial charge in [-0.1, -0.05) is 30.3 Å². The molecule has 0 aromatic heterocycles. The van der Waals surface area contributed by atoms with Gasteiger partial charge in [-0.3, -0.25) is 4.90 Å². The Morgan fingerprint density at radius 1 is 0.966 bits per heavy atom. The predicted molar refractivity (Wildman–Crippen MR) is 113 cm³/mol. The zero-order valence-electron chi connectivity index (χ0n) is 17.0. The second kappa shape index (κ2) is 8.20. The number of ether oxygens (including phenoxy) is 1. The number of hydrogen-bond acceptors (Lipinski definition) is 5. The third-order valence-electron chi connectivity index (χ3n) is 5.77. The van der Waals surface area contributed by atoms with Gasteiger partial charge in [0.15, 0.2) is 0 Å². The number of phenolic OH excluding ortho intramolecular Hbond substituents is 1. The average Bonchev–Trinajstić information content (AvgIpc) is 2.70. The molecule has 0 amide bonds. The number of piperazine rings is 1. The molecule has 0 unspecified atom stereocenters. The van der Waals surface area contributed by atoms with Crippen LogP contribution in [-0.2, 0) is 21.5 Å². The first-order valence-electron chi connectivity index (χ1n) is 10.2. The number of fused-ring (bicyclic) bond motifs is 1. The highest BCUT2D eigenvalue weighted by molar-refractivity contribution is 7.86. The summed E-state index contributed by atoms with van der Waals surface area (Å²) in [6.45, 7) is 7.40. The fourth-order valence-corrected chi connectivity index (χ4v) is 6.06. The zero-order valence-corrected chi connectivity index (χ0v) is 17.8. The van der Waals surface area contributed by atoms with Crippen molar-refractivity contribution in [2.75, 3.05) is 39.3 Å². The van der Waals surface area contributed by atoms with Gasteiger partial charge in [0.2, 0.25) is 0 Å². The molecule has 2 saturated heterocycles. The molecule has 2 fully saturated rings. The minimum atomic E-state index is -3.48. The Morgan fingerprint density at radius 2 is 1.62 bits per heavy atom. The Labute approximate surface area is 172 Å². The molecule has 0 aliphatic carbocycles. The molecule has 29 heavy (non-hydrogen) atoms. The number of nitrogens with zero attached hydrogens (tertiary/aromatic N) is 3. The standard InChI is InChI=1S/C21H29N3O4S/c1-16-13-24(14-17(2)28-16)29(26,27)23-11-9-22(10-12-23)15-20-19-6-4-3-5-18(19)7-8-21(20)25/h3-8,16-17,25H,9-15H2,1-2H3/t16-,17-/m1/s1. The van der Waals surface area contributed by atoms with Gasteiger partial charge >= 0.3 is 0 Å². The number of aromatic hydroxyl groups is 1. The highest BCUT2D eigenvalue weighted by Crippen LogP contribution is 2.29. The first-order chi connectivity index (χ1) is 13.8. The Hall–Kier alpha value is -1.71. The molecule has 2 aliphatic heterocycles.